The van der Waals surface area contributed by atoms with E-state index >= 15 is 0 Å². The van der Waals surface area contributed by atoms with Crippen molar-refractivity contribution >= 4 is 5.97 Å². The van der Waals surface area contributed by atoms with Gasteiger partial charge in [-0.2, -0.15) is 0 Å². The van der Waals surface area contributed by atoms with Gasteiger partial charge in [-0.25, -0.2) is 19.7 Å². The van der Waals surface area contributed by atoms with Gasteiger partial charge in [0.25, 0.3) is 0 Å². The van der Waals surface area contributed by atoms with Crippen molar-refractivity contribution in [1.29, 1.82) is 0 Å². The molecule has 5 heteroatoms. The van der Waals surface area contributed by atoms with E-state index in [1.165, 1.54) is 12.7 Å². The Labute approximate surface area is 63.5 Å². The summed E-state index contributed by atoms with van der Waals surface area (Å²) in [6, 6.07) is 0. The van der Waals surface area contributed by atoms with Gasteiger partial charge in [-0.15, -0.1) is 0 Å². The quantitative estimate of drug-likeness (QED) is 0.561. The predicted octanol–water partition coefficient (Wildman–Crippen LogP) is 0.0483. The van der Waals surface area contributed by atoms with E-state index in [0.717, 1.165) is 0 Å². The van der Waals surface area contributed by atoms with Crippen LogP contribution in [0.3, 0.4) is 0 Å². The van der Waals surface area contributed by atoms with Crippen molar-refractivity contribution < 1.29 is 9.53 Å². The van der Waals surface area contributed by atoms with E-state index in [4.69, 9.17) is 0 Å². The molecule has 0 aliphatic carbocycles. The monoisotopic (exact) mass is 153 g/mol. The number of hydrogen-bond donors (Lipinski definition) is 0. The maximum atomic E-state index is 10.9. The van der Waals surface area contributed by atoms with Gasteiger partial charge in [0.1, 0.15) is 12.7 Å². The summed E-state index contributed by atoms with van der Waals surface area (Å²) in [6.45, 7) is 2.05. The molecule has 0 radical (unpaired) electrons. The lowest BCUT2D eigenvalue weighted by Crippen LogP contribution is -2.09. The second-order valence-corrected chi connectivity index (χ2v) is 1.68. The SMILES string of the molecule is CCOC(=O)c1ncncn1. The molecular weight excluding hydrogens is 146 g/mol. The second-order valence-electron chi connectivity index (χ2n) is 1.68. The minimum atomic E-state index is -0.519. The van der Waals surface area contributed by atoms with Crippen LogP contribution in [-0.4, -0.2) is 27.5 Å². The van der Waals surface area contributed by atoms with Crippen LogP contribution in [0.25, 0.3) is 0 Å². The fraction of sp³-hybridized carbons (Fsp3) is 0.333. The van der Waals surface area contributed by atoms with Crippen LogP contribution in [-0.2, 0) is 4.74 Å². The molecule has 1 rings (SSSR count). The van der Waals surface area contributed by atoms with Crippen molar-refractivity contribution in [3.8, 4) is 0 Å². The van der Waals surface area contributed by atoms with Gasteiger partial charge in [-0.3, -0.25) is 0 Å². The van der Waals surface area contributed by atoms with Crippen LogP contribution < -0.4 is 0 Å². The summed E-state index contributed by atoms with van der Waals surface area (Å²) >= 11 is 0. The van der Waals surface area contributed by atoms with E-state index in [9.17, 15) is 4.79 Å². The Hall–Kier alpha value is -1.52. The smallest absolute Gasteiger partial charge is 0.376 e. The minimum absolute atomic E-state index is 0.0434. The third kappa shape index (κ3) is 1.96. The molecule has 1 heterocycles. The Balaban J connectivity index is 2.69. The summed E-state index contributed by atoms with van der Waals surface area (Å²) in [7, 11) is 0. The van der Waals surface area contributed by atoms with Crippen molar-refractivity contribution in [2.75, 3.05) is 6.61 Å². The average molecular weight is 153 g/mol. The van der Waals surface area contributed by atoms with Gasteiger partial charge in [-0.05, 0) is 6.92 Å². The number of carbonyl (C=O) groups excluding carboxylic acids is 1. The van der Waals surface area contributed by atoms with Gasteiger partial charge >= 0.3 is 5.97 Å². The van der Waals surface area contributed by atoms with Crippen LogP contribution >= 0.6 is 0 Å². The number of esters is 1. The Morgan fingerprint density at radius 2 is 2.18 bits per heavy atom. The molecule has 0 saturated heterocycles. The van der Waals surface area contributed by atoms with Gasteiger partial charge in [0.2, 0.25) is 5.82 Å². The fourth-order valence-electron chi connectivity index (χ4n) is 0.540. The Morgan fingerprint density at radius 1 is 1.55 bits per heavy atom. The van der Waals surface area contributed by atoms with Crippen molar-refractivity contribution in [2.45, 2.75) is 6.92 Å². The first-order valence-corrected chi connectivity index (χ1v) is 3.13. The number of nitrogens with zero attached hydrogens (tertiary/aromatic N) is 3. The van der Waals surface area contributed by atoms with Crippen LogP contribution in [0.5, 0.6) is 0 Å². The third-order valence-corrected chi connectivity index (χ3v) is 0.951. The first-order valence-electron chi connectivity index (χ1n) is 3.13. The zero-order valence-electron chi connectivity index (χ0n) is 6.02. The highest BCUT2D eigenvalue weighted by Gasteiger charge is 2.07. The lowest BCUT2D eigenvalue weighted by atomic mass is 10.6. The molecular formula is C6H7N3O2. The molecule has 0 fully saturated rings. The number of rotatable bonds is 2. The van der Waals surface area contributed by atoms with Crippen LogP contribution in [0.15, 0.2) is 12.7 Å². The zero-order valence-corrected chi connectivity index (χ0v) is 6.02. The number of ether oxygens (including phenoxy) is 1. The standard InChI is InChI=1S/C6H7N3O2/c1-2-11-6(10)5-8-3-7-4-9-5/h3-4H,2H2,1H3. The normalized spacial score (nSPS) is 9.18. The summed E-state index contributed by atoms with van der Waals surface area (Å²) in [5.74, 6) is -0.475. The first-order chi connectivity index (χ1) is 5.34. The lowest BCUT2D eigenvalue weighted by Gasteiger charge is -1.96. The second kappa shape index (κ2) is 3.60. The number of aromatic nitrogens is 3. The molecule has 0 saturated carbocycles. The van der Waals surface area contributed by atoms with Crippen molar-refractivity contribution in [3.05, 3.63) is 18.5 Å². The van der Waals surface area contributed by atoms with E-state index < -0.39 is 5.97 Å². The molecule has 58 valence electrons. The highest BCUT2D eigenvalue weighted by Crippen LogP contribution is 1.89. The highest BCUT2D eigenvalue weighted by molar-refractivity contribution is 5.84. The van der Waals surface area contributed by atoms with Crippen LogP contribution in [0.4, 0.5) is 0 Å². The molecule has 0 amide bonds. The topological polar surface area (TPSA) is 65.0 Å². The number of hydrogen-bond acceptors (Lipinski definition) is 5. The number of carbonyl (C=O) groups is 1. The van der Waals surface area contributed by atoms with Gasteiger partial charge in [0, 0.05) is 0 Å². The Morgan fingerprint density at radius 3 is 2.73 bits per heavy atom. The lowest BCUT2D eigenvalue weighted by molar-refractivity contribution is 0.0511. The summed E-state index contributed by atoms with van der Waals surface area (Å²) < 4.78 is 4.64. The molecule has 0 atom stereocenters. The molecule has 5 nitrogen and oxygen atoms in total. The van der Waals surface area contributed by atoms with E-state index in [0.29, 0.717) is 6.61 Å². The Bertz CT molecular complexity index is 237. The molecule has 0 aliphatic heterocycles. The summed E-state index contributed by atoms with van der Waals surface area (Å²) in [6.07, 6.45) is 2.50. The zero-order chi connectivity index (χ0) is 8.10. The van der Waals surface area contributed by atoms with Gasteiger partial charge in [0.15, 0.2) is 0 Å². The first kappa shape index (κ1) is 7.59. The molecule has 1 aromatic heterocycles. The molecule has 0 aromatic carbocycles. The largest absolute Gasteiger partial charge is 0.460 e. The highest BCUT2D eigenvalue weighted by atomic mass is 16.5. The van der Waals surface area contributed by atoms with E-state index in [2.05, 4.69) is 19.7 Å². The summed E-state index contributed by atoms with van der Waals surface area (Å²) in [5, 5.41) is 0. The van der Waals surface area contributed by atoms with Crippen molar-refractivity contribution in [2.24, 2.45) is 0 Å². The predicted molar refractivity (Wildman–Crippen MR) is 35.8 cm³/mol. The molecule has 0 N–H and O–H groups in total. The van der Waals surface area contributed by atoms with Crippen molar-refractivity contribution in [3.63, 3.8) is 0 Å². The molecule has 11 heavy (non-hydrogen) atoms. The van der Waals surface area contributed by atoms with E-state index in [1.807, 2.05) is 0 Å². The van der Waals surface area contributed by atoms with Crippen LogP contribution in [0.1, 0.15) is 17.5 Å². The van der Waals surface area contributed by atoms with E-state index in [1.54, 1.807) is 6.92 Å². The summed E-state index contributed by atoms with van der Waals surface area (Å²) in [4.78, 5) is 21.6. The fourth-order valence-corrected chi connectivity index (χ4v) is 0.540. The molecule has 0 unspecified atom stereocenters. The van der Waals surface area contributed by atoms with Crippen molar-refractivity contribution in [1.82, 2.24) is 15.0 Å². The summed E-state index contributed by atoms with van der Waals surface area (Å²) in [5.41, 5.74) is 0. The third-order valence-electron chi connectivity index (χ3n) is 0.951. The molecule has 0 bridgehead atoms. The van der Waals surface area contributed by atoms with Gasteiger partial charge in [-0.1, -0.05) is 0 Å². The van der Waals surface area contributed by atoms with Gasteiger partial charge < -0.3 is 4.74 Å². The van der Waals surface area contributed by atoms with Crippen LogP contribution in [0.2, 0.25) is 0 Å². The molecule has 1 aromatic rings. The van der Waals surface area contributed by atoms with E-state index in [-0.39, 0.29) is 5.82 Å². The maximum absolute atomic E-state index is 10.9. The maximum Gasteiger partial charge on any atom is 0.376 e. The average Bonchev–Trinajstić information content (AvgIpc) is 2.07. The Kier molecular flexibility index (Phi) is 2.48. The minimum Gasteiger partial charge on any atom is -0.460 e. The van der Waals surface area contributed by atoms with Gasteiger partial charge in [0.05, 0.1) is 6.61 Å². The van der Waals surface area contributed by atoms with Crippen LogP contribution in [0, 0.1) is 0 Å². The molecule has 0 spiro atoms. The molecule has 0 aliphatic rings.